The summed E-state index contributed by atoms with van der Waals surface area (Å²) in [6, 6.07) is 6.25. The highest BCUT2D eigenvalue weighted by Crippen LogP contribution is 2.48. The number of carbonyl (C=O) groups excluding carboxylic acids is 1. The number of hydrogen-bond donors (Lipinski definition) is 1. The third-order valence-electron chi connectivity index (χ3n) is 6.76. The molecule has 11 heteroatoms. The first-order valence-corrected chi connectivity index (χ1v) is 11.1. The Morgan fingerprint density at radius 2 is 2.00 bits per heavy atom. The molecule has 0 bridgehead atoms. The first kappa shape index (κ1) is 21.6. The number of halogens is 4. The molecule has 0 aliphatic carbocycles. The van der Waals surface area contributed by atoms with Crippen molar-refractivity contribution in [1.29, 1.82) is 0 Å². The molecule has 1 amide bonds. The number of fused-ring (bicyclic) bond motifs is 6. The number of likely N-dealkylation sites (tertiary alicyclic amines) is 1. The summed E-state index contributed by atoms with van der Waals surface area (Å²) in [5.74, 6) is -1.21. The molecule has 0 radical (unpaired) electrons. The van der Waals surface area contributed by atoms with E-state index < -0.39 is 35.5 Å². The van der Waals surface area contributed by atoms with Crippen molar-refractivity contribution in [2.45, 2.75) is 38.1 Å². The Morgan fingerprint density at radius 3 is 2.77 bits per heavy atom. The molecule has 180 valence electrons. The van der Waals surface area contributed by atoms with Crippen molar-refractivity contribution in [1.82, 2.24) is 19.3 Å². The Bertz CT molecular complexity index is 1530. The highest BCUT2D eigenvalue weighted by Gasteiger charge is 2.46. The number of amides is 1. The zero-order valence-corrected chi connectivity index (χ0v) is 18.4. The van der Waals surface area contributed by atoms with Gasteiger partial charge in [-0.1, -0.05) is 6.07 Å². The number of anilines is 1. The van der Waals surface area contributed by atoms with Gasteiger partial charge in [-0.2, -0.15) is 13.2 Å². The van der Waals surface area contributed by atoms with Gasteiger partial charge in [0.25, 0.3) is 5.91 Å². The van der Waals surface area contributed by atoms with E-state index in [4.69, 9.17) is 10.5 Å². The van der Waals surface area contributed by atoms with Crippen LogP contribution in [-0.2, 0) is 6.18 Å². The number of ether oxygens (including phenoxy) is 1. The fourth-order valence-electron chi connectivity index (χ4n) is 5.19. The van der Waals surface area contributed by atoms with E-state index in [0.29, 0.717) is 59.2 Å². The predicted molar refractivity (Wildman–Crippen MR) is 118 cm³/mol. The zero-order valence-electron chi connectivity index (χ0n) is 18.4. The molecule has 7 nitrogen and oxygen atoms in total. The molecular formula is C24H19F4N5O2. The summed E-state index contributed by atoms with van der Waals surface area (Å²) in [5, 5.41) is 0. The highest BCUT2D eigenvalue weighted by atomic mass is 19.4. The minimum Gasteiger partial charge on any atom is -0.484 e. The fraction of sp³-hybridized carbons (Fsp3) is 0.292. The van der Waals surface area contributed by atoms with Crippen LogP contribution in [0.4, 0.5) is 23.4 Å². The lowest BCUT2D eigenvalue weighted by atomic mass is 9.93. The third kappa shape index (κ3) is 3.14. The van der Waals surface area contributed by atoms with Gasteiger partial charge in [-0.05, 0) is 44.0 Å². The van der Waals surface area contributed by atoms with Gasteiger partial charge in [-0.25, -0.2) is 14.4 Å². The van der Waals surface area contributed by atoms with E-state index in [0.717, 1.165) is 0 Å². The molecule has 35 heavy (non-hydrogen) atoms. The summed E-state index contributed by atoms with van der Waals surface area (Å²) in [6.07, 6.45) is -2.78. The van der Waals surface area contributed by atoms with Crippen LogP contribution in [0.25, 0.3) is 16.6 Å². The molecule has 1 saturated heterocycles. The summed E-state index contributed by atoms with van der Waals surface area (Å²) in [7, 11) is 0. The van der Waals surface area contributed by atoms with E-state index in [1.165, 1.54) is 6.07 Å². The first-order valence-electron chi connectivity index (χ1n) is 11.1. The zero-order chi connectivity index (χ0) is 24.6. The van der Waals surface area contributed by atoms with Gasteiger partial charge >= 0.3 is 6.18 Å². The van der Waals surface area contributed by atoms with Gasteiger partial charge in [0, 0.05) is 17.7 Å². The summed E-state index contributed by atoms with van der Waals surface area (Å²) in [5.41, 5.74) is 7.12. The largest absolute Gasteiger partial charge is 0.484 e. The number of nitrogens with two attached hydrogens (primary N) is 1. The summed E-state index contributed by atoms with van der Waals surface area (Å²) in [6.45, 7) is 2.18. The molecule has 2 atom stereocenters. The van der Waals surface area contributed by atoms with E-state index in [2.05, 4.69) is 9.97 Å². The minimum atomic E-state index is -4.84. The van der Waals surface area contributed by atoms with Crippen LogP contribution in [-0.4, -0.2) is 37.8 Å². The van der Waals surface area contributed by atoms with E-state index in [1.54, 1.807) is 29.3 Å². The second kappa shape index (κ2) is 7.30. The summed E-state index contributed by atoms with van der Waals surface area (Å²) < 4.78 is 61.8. The van der Waals surface area contributed by atoms with Gasteiger partial charge < -0.3 is 15.4 Å². The number of aromatic nitrogens is 3. The molecule has 0 unspecified atom stereocenters. The monoisotopic (exact) mass is 485 g/mol. The van der Waals surface area contributed by atoms with Crippen molar-refractivity contribution in [3.05, 3.63) is 64.9 Å². The Kier molecular flexibility index (Phi) is 4.51. The van der Waals surface area contributed by atoms with Crippen molar-refractivity contribution in [2.24, 2.45) is 0 Å². The van der Waals surface area contributed by atoms with Crippen LogP contribution < -0.4 is 10.5 Å². The predicted octanol–water partition coefficient (Wildman–Crippen LogP) is 4.67. The molecule has 4 heterocycles. The molecule has 4 aromatic rings. The van der Waals surface area contributed by atoms with Crippen LogP contribution in [0.5, 0.6) is 5.75 Å². The molecule has 2 aromatic heterocycles. The van der Waals surface area contributed by atoms with Crippen LogP contribution in [0.1, 0.15) is 46.2 Å². The Labute approximate surface area is 196 Å². The molecule has 2 N–H and O–H groups in total. The lowest BCUT2D eigenvalue weighted by molar-refractivity contribution is -0.140. The molecule has 0 spiro atoms. The van der Waals surface area contributed by atoms with Crippen LogP contribution >= 0.6 is 0 Å². The first-order chi connectivity index (χ1) is 16.6. The van der Waals surface area contributed by atoms with Gasteiger partial charge in [0.05, 0.1) is 28.8 Å². The molecule has 2 aliphatic heterocycles. The Balaban J connectivity index is 1.43. The Morgan fingerprint density at radius 1 is 1.20 bits per heavy atom. The standard InChI is InChI=1S/C24H19F4N5O2/c1-11-30-10-17-22(29)31-15-7-4-12(9-16(15)33(11)17)23(34)32-8-2-3-18-20(32)13-5-6-14(24(26,27)28)19(25)21(13)35-18/h4-7,9-10,18,20H,2-3,8H2,1H3,(H2,29,31)/t18-,20-/m0/s1. The number of hydrogen-bond acceptors (Lipinski definition) is 5. The van der Waals surface area contributed by atoms with Gasteiger partial charge in [-0.3, -0.25) is 9.20 Å². The Hall–Kier alpha value is -3.89. The summed E-state index contributed by atoms with van der Waals surface area (Å²) >= 11 is 0. The second-order valence-corrected chi connectivity index (χ2v) is 8.81. The maximum atomic E-state index is 14.7. The van der Waals surface area contributed by atoms with E-state index in [9.17, 15) is 22.4 Å². The van der Waals surface area contributed by atoms with Gasteiger partial charge in [0.15, 0.2) is 11.6 Å². The average molecular weight is 485 g/mol. The lowest BCUT2D eigenvalue weighted by Crippen LogP contribution is -2.44. The summed E-state index contributed by atoms with van der Waals surface area (Å²) in [4.78, 5) is 23.9. The normalized spacial score (nSPS) is 19.6. The molecule has 0 saturated carbocycles. The quantitative estimate of drug-likeness (QED) is 0.396. The van der Waals surface area contributed by atoms with E-state index in [-0.39, 0.29) is 11.5 Å². The topological polar surface area (TPSA) is 85.8 Å². The smallest absolute Gasteiger partial charge is 0.419 e. The number of piperidine rings is 1. The molecular weight excluding hydrogens is 466 g/mol. The van der Waals surface area contributed by atoms with Crippen LogP contribution in [0.3, 0.4) is 0 Å². The molecule has 6 rings (SSSR count). The van der Waals surface area contributed by atoms with E-state index in [1.807, 2.05) is 11.3 Å². The van der Waals surface area contributed by atoms with Gasteiger partial charge in [-0.15, -0.1) is 0 Å². The SMILES string of the molecule is Cc1ncc2c(N)nc3ccc(C(=O)N4CCC[C@@H]5Oc6c(ccc(C(F)(F)F)c6F)[C@@H]54)cc3n12. The minimum absolute atomic E-state index is 0.247. The van der Waals surface area contributed by atoms with Crippen molar-refractivity contribution in [3.8, 4) is 5.75 Å². The lowest BCUT2D eigenvalue weighted by Gasteiger charge is -2.36. The number of imidazole rings is 1. The number of alkyl halides is 3. The fourth-order valence-corrected chi connectivity index (χ4v) is 5.19. The van der Waals surface area contributed by atoms with Crippen LogP contribution in [0, 0.1) is 12.7 Å². The van der Waals surface area contributed by atoms with Gasteiger partial charge in [0.1, 0.15) is 23.3 Å². The number of benzene rings is 2. The van der Waals surface area contributed by atoms with Gasteiger partial charge in [0.2, 0.25) is 0 Å². The van der Waals surface area contributed by atoms with Crippen LogP contribution in [0.15, 0.2) is 36.5 Å². The molecule has 2 aromatic carbocycles. The van der Waals surface area contributed by atoms with Crippen molar-refractivity contribution in [3.63, 3.8) is 0 Å². The number of carbonyl (C=O) groups is 1. The number of nitrogens with zero attached hydrogens (tertiary/aromatic N) is 4. The maximum Gasteiger partial charge on any atom is 0.419 e. The average Bonchev–Trinajstić information content (AvgIpc) is 3.40. The highest BCUT2D eigenvalue weighted by molar-refractivity contribution is 5.98. The number of aryl methyl sites for hydroxylation is 1. The van der Waals surface area contributed by atoms with Crippen molar-refractivity contribution < 1.29 is 27.1 Å². The van der Waals surface area contributed by atoms with E-state index >= 15 is 0 Å². The molecule has 1 fully saturated rings. The number of nitrogen functional groups attached to an aromatic ring is 1. The third-order valence-corrected chi connectivity index (χ3v) is 6.76. The second-order valence-electron chi connectivity index (χ2n) is 8.81. The van der Waals surface area contributed by atoms with Crippen molar-refractivity contribution in [2.75, 3.05) is 12.3 Å². The maximum absolute atomic E-state index is 14.7. The molecule has 2 aliphatic rings. The van der Waals surface area contributed by atoms with Crippen LogP contribution in [0.2, 0.25) is 0 Å². The number of rotatable bonds is 1. The van der Waals surface area contributed by atoms with Crippen molar-refractivity contribution >= 4 is 28.3 Å².